The summed E-state index contributed by atoms with van der Waals surface area (Å²) in [4.78, 5) is 24.6. The van der Waals surface area contributed by atoms with E-state index >= 15 is 0 Å². The molecule has 0 radical (unpaired) electrons. The standard InChI is InChI=1S/C12H23N3O3/c1-4-5-14-10(16)6-15(3)11(17)7-18-12(2)8-13-9-12/h13H,4-9H2,1-3H3,(H,14,16). The number of nitrogens with one attached hydrogen (secondary N) is 2. The molecular formula is C12H23N3O3. The molecule has 0 aromatic carbocycles. The normalized spacial score (nSPS) is 16.8. The van der Waals surface area contributed by atoms with Crippen LogP contribution in [0.4, 0.5) is 0 Å². The van der Waals surface area contributed by atoms with E-state index in [0.717, 1.165) is 19.5 Å². The summed E-state index contributed by atoms with van der Waals surface area (Å²) < 4.78 is 5.53. The molecule has 6 heteroatoms. The van der Waals surface area contributed by atoms with E-state index in [1.54, 1.807) is 7.05 Å². The van der Waals surface area contributed by atoms with Crippen molar-refractivity contribution in [3.05, 3.63) is 0 Å². The zero-order valence-electron chi connectivity index (χ0n) is 11.4. The minimum Gasteiger partial charge on any atom is -0.363 e. The van der Waals surface area contributed by atoms with E-state index in [1.807, 2.05) is 13.8 Å². The van der Waals surface area contributed by atoms with Gasteiger partial charge in [-0.1, -0.05) is 6.92 Å². The first-order chi connectivity index (χ1) is 8.47. The number of carbonyl (C=O) groups is 2. The van der Waals surface area contributed by atoms with Gasteiger partial charge in [-0.25, -0.2) is 0 Å². The number of hydrogen-bond donors (Lipinski definition) is 2. The van der Waals surface area contributed by atoms with Crippen molar-refractivity contribution in [2.75, 3.05) is 39.8 Å². The molecule has 1 saturated heterocycles. The van der Waals surface area contributed by atoms with Crippen LogP contribution in [0.1, 0.15) is 20.3 Å². The van der Waals surface area contributed by atoms with E-state index in [1.165, 1.54) is 4.90 Å². The van der Waals surface area contributed by atoms with Gasteiger partial charge in [-0.2, -0.15) is 0 Å². The Hall–Kier alpha value is -1.14. The highest BCUT2D eigenvalue weighted by atomic mass is 16.5. The van der Waals surface area contributed by atoms with Crippen molar-refractivity contribution in [2.24, 2.45) is 0 Å². The minimum atomic E-state index is -0.235. The topological polar surface area (TPSA) is 70.7 Å². The van der Waals surface area contributed by atoms with Crippen molar-refractivity contribution in [1.82, 2.24) is 15.5 Å². The monoisotopic (exact) mass is 257 g/mol. The average Bonchev–Trinajstić information content (AvgIpc) is 2.30. The van der Waals surface area contributed by atoms with E-state index in [9.17, 15) is 9.59 Å². The summed E-state index contributed by atoms with van der Waals surface area (Å²) in [5.41, 5.74) is -0.235. The molecule has 0 unspecified atom stereocenters. The van der Waals surface area contributed by atoms with Crippen molar-refractivity contribution >= 4 is 11.8 Å². The van der Waals surface area contributed by atoms with Crippen LogP contribution in [0.2, 0.25) is 0 Å². The molecule has 1 aliphatic rings. The molecule has 2 N–H and O–H groups in total. The fourth-order valence-electron chi connectivity index (χ4n) is 1.55. The molecule has 18 heavy (non-hydrogen) atoms. The Kier molecular flexibility index (Phi) is 5.55. The van der Waals surface area contributed by atoms with Gasteiger partial charge in [-0.15, -0.1) is 0 Å². The Labute approximate surface area is 108 Å². The summed E-state index contributed by atoms with van der Waals surface area (Å²) in [6.45, 7) is 6.22. The molecule has 0 spiro atoms. The molecule has 0 atom stereocenters. The van der Waals surface area contributed by atoms with Crippen molar-refractivity contribution < 1.29 is 14.3 Å². The molecule has 0 aromatic heterocycles. The number of nitrogens with zero attached hydrogens (tertiary/aromatic N) is 1. The van der Waals surface area contributed by atoms with Crippen molar-refractivity contribution in [3.8, 4) is 0 Å². The van der Waals surface area contributed by atoms with Gasteiger partial charge in [-0.3, -0.25) is 9.59 Å². The molecule has 6 nitrogen and oxygen atoms in total. The number of likely N-dealkylation sites (N-methyl/N-ethyl adjacent to an activating group) is 1. The first-order valence-corrected chi connectivity index (χ1v) is 6.32. The largest absolute Gasteiger partial charge is 0.363 e. The van der Waals surface area contributed by atoms with Gasteiger partial charge < -0.3 is 20.3 Å². The van der Waals surface area contributed by atoms with Gasteiger partial charge in [0.2, 0.25) is 11.8 Å². The van der Waals surface area contributed by atoms with Crippen LogP contribution >= 0.6 is 0 Å². The lowest BCUT2D eigenvalue weighted by Crippen LogP contribution is -2.59. The predicted octanol–water partition coefficient (Wildman–Crippen LogP) is -0.650. The van der Waals surface area contributed by atoms with E-state index in [4.69, 9.17) is 4.74 Å². The summed E-state index contributed by atoms with van der Waals surface area (Å²) in [5, 5.41) is 5.83. The fourth-order valence-corrected chi connectivity index (χ4v) is 1.55. The summed E-state index contributed by atoms with van der Waals surface area (Å²) >= 11 is 0. The van der Waals surface area contributed by atoms with E-state index in [2.05, 4.69) is 10.6 Å². The first kappa shape index (κ1) is 14.9. The molecule has 0 bridgehead atoms. The van der Waals surface area contributed by atoms with Crippen LogP contribution in [-0.2, 0) is 14.3 Å². The highest BCUT2D eigenvalue weighted by molar-refractivity contribution is 5.85. The Bertz CT molecular complexity index is 303. The second-order valence-corrected chi connectivity index (χ2v) is 4.94. The number of ether oxygens (including phenoxy) is 1. The van der Waals surface area contributed by atoms with Gasteiger partial charge in [0, 0.05) is 26.7 Å². The predicted molar refractivity (Wildman–Crippen MR) is 68.2 cm³/mol. The van der Waals surface area contributed by atoms with Gasteiger partial charge >= 0.3 is 0 Å². The molecule has 104 valence electrons. The van der Waals surface area contributed by atoms with Crippen LogP contribution in [0, 0.1) is 0 Å². The summed E-state index contributed by atoms with van der Waals surface area (Å²) in [7, 11) is 1.61. The Morgan fingerprint density at radius 3 is 2.61 bits per heavy atom. The molecule has 1 fully saturated rings. The Balaban J connectivity index is 2.21. The number of amides is 2. The number of carbonyl (C=O) groups excluding carboxylic acids is 2. The quantitative estimate of drug-likeness (QED) is 0.636. The van der Waals surface area contributed by atoms with Gasteiger partial charge in [0.25, 0.3) is 0 Å². The molecule has 1 rings (SSSR count). The second kappa shape index (κ2) is 6.70. The van der Waals surface area contributed by atoms with Crippen LogP contribution in [0.3, 0.4) is 0 Å². The van der Waals surface area contributed by atoms with Crippen molar-refractivity contribution in [2.45, 2.75) is 25.9 Å². The maximum atomic E-state index is 11.7. The summed E-state index contributed by atoms with van der Waals surface area (Å²) in [5.74, 6) is -0.306. The van der Waals surface area contributed by atoms with Crippen molar-refractivity contribution in [1.29, 1.82) is 0 Å². The second-order valence-electron chi connectivity index (χ2n) is 4.94. The Morgan fingerprint density at radius 2 is 2.11 bits per heavy atom. The van der Waals surface area contributed by atoms with Crippen LogP contribution < -0.4 is 10.6 Å². The minimum absolute atomic E-state index is 0.0235. The van der Waals surface area contributed by atoms with Gasteiger partial charge in [0.15, 0.2) is 0 Å². The van der Waals surface area contributed by atoms with E-state index < -0.39 is 0 Å². The highest BCUT2D eigenvalue weighted by Gasteiger charge is 2.33. The lowest BCUT2D eigenvalue weighted by molar-refractivity contribution is -0.146. The molecule has 0 aliphatic carbocycles. The van der Waals surface area contributed by atoms with Gasteiger partial charge in [0.1, 0.15) is 6.61 Å². The average molecular weight is 257 g/mol. The maximum Gasteiger partial charge on any atom is 0.248 e. The maximum absolute atomic E-state index is 11.7. The van der Waals surface area contributed by atoms with E-state index in [0.29, 0.717) is 6.54 Å². The molecule has 0 saturated carbocycles. The lowest BCUT2D eigenvalue weighted by atomic mass is 10.0. The third kappa shape index (κ3) is 4.62. The number of hydrogen-bond acceptors (Lipinski definition) is 4. The SMILES string of the molecule is CCCNC(=O)CN(C)C(=O)COC1(C)CNC1. The smallest absolute Gasteiger partial charge is 0.248 e. The van der Waals surface area contributed by atoms with Crippen LogP contribution in [0.15, 0.2) is 0 Å². The van der Waals surface area contributed by atoms with Crippen LogP contribution in [-0.4, -0.2) is 62.1 Å². The first-order valence-electron chi connectivity index (χ1n) is 6.32. The molecule has 1 heterocycles. The molecular weight excluding hydrogens is 234 g/mol. The number of rotatable bonds is 7. The Morgan fingerprint density at radius 1 is 1.44 bits per heavy atom. The van der Waals surface area contributed by atoms with Crippen molar-refractivity contribution in [3.63, 3.8) is 0 Å². The van der Waals surface area contributed by atoms with Crippen LogP contribution in [0.25, 0.3) is 0 Å². The summed E-state index contributed by atoms with van der Waals surface area (Å²) in [6, 6.07) is 0. The lowest BCUT2D eigenvalue weighted by Gasteiger charge is -2.39. The zero-order chi connectivity index (χ0) is 13.6. The van der Waals surface area contributed by atoms with Crippen LogP contribution in [0.5, 0.6) is 0 Å². The zero-order valence-corrected chi connectivity index (χ0v) is 11.4. The molecule has 2 amide bonds. The van der Waals surface area contributed by atoms with Gasteiger partial charge in [-0.05, 0) is 13.3 Å². The fraction of sp³-hybridized carbons (Fsp3) is 0.833. The third-order valence-corrected chi connectivity index (χ3v) is 2.92. The third-order valence-electron chi connectivity index (χ3n) is 2.92. The van der Waals surface area contributed by atoms with E-state index in [-0.39, 0.29) is 30.6 Å². The molecule has 0 aromatic rings. The highest BCUT2D eigenvalue weighted by Crippen LogP contribution is 2.14. The molecule has 1 aliphatic heterocycles. The summed E-state index contributed by atoms with van der Waals surface area (Å²) in [6.07, 6.45) is 0.887. The van der Waals surface area contributed by atoms with Gasteiger partial charge in [0.05, 0.1) is 12.1 Å².